The fraction of sp³-hybridized carbons (Fsp3) is 0.435. The zero-order chi connectivity index (χ0) is 20.8. The monoisotopic (exact) mass is 398 g/mol. The molecular formula is C23H32N3O3+. The number of nitrogens with one attached hydrogen (secondary N) is 3. The fourth-order valence-corrected chi connectivity index (χ4v) is 4.29. The first-order chi connectivity index (χ1) is 14.1. The Bertz CT molecular complexity index is 826. The summed E-state index contributed by atoms with van der Waals surface area (Å²) in [7, 11) is 3.32. The number of hydrogen-bond donors (Lipinski definition) is 3. The molecule has 6 heteroatoms. The van der Waals surface area contributed by atoms with E-state index in [-0.39, 0.29) is 18.1 Å². The van der Waals surface area contributed by atoms with Crippen LogP contribution in [0, 0.1) is 0 Å². The average molecular weight is 399 g/mol. The van der Waals surface area contributed by atoms with E-state index in [4.69, 9.17) is 9.47 Å². The maximum atomic E-state index is 12.2. The van der Waals surface area contributed by atoms with Crippen molar-refractivity contribution < 1.29 is 19.2 Å². The van der Waals surface area contributed by atoms with Gasteiger partial charge in [-0.05, 0) is 31.5 Å². The minimum Gasteiger partial charge on any atom is -0.493 e. The smallest absolute Gasteiger partial charge is 0.315 e. The van der Waals surface area contributed by atoms with Crippen molar-refractivity contribution in [3.05, 3.63) is 59.2 Å². The minimum atomic E-state index is -0.133. The largest absolute Gasteiger partial charge is 0.493 e. The van der Waals surface area contributed by atoms with E-state index in [1.54, 1.807) is 14.2 Å². The third-order valence-electron chi connectivity index (χ3n) is 5.61. The van der Waals surface area contributed by atoms with Gasteiger partial charge >= 0.3 is 6.03 Å². The summed E-state index contributed by atoms with van der Waals surface area (Å²) in [5.74, 6) is 1.48. The van der Waals surface area contributed by atoms with Crippen LogP contribution in [0.5, 0.6) is 11.5 Å². The van der Waals surface area contributed by atoms with Gasteiger partial charge in [0, 0.05) is 24.1 Å². The van der Waals surface area contributed by atoms with Crippen LogP contribution in [0.4, 0.5) is 4.79 Å². The zero-order valence-corrected chi connectivity index (χ0v) is 17.7. The molecule has 6 nitrogen and oxygen atoms in total. The molecule has 2 amide bonds. The van der Waals surface area contributed by atoms with Gasteiger partial charge in [0.1, 0.15) is 12.6 Å². The summed E-state index contributed by atoms with van der Waals surface area (Å²) >= 11 is 0. The molecule has 0 aliphatic carbocycles. The molecule has 1 aliphatic rings. The van der Waals surface area contributed by atoms with Gasteiger partial charge in [-0.2, -0.15) is 0 Å². The SMILES string of the molecule is CCNC(=O)N[C@@H](C)[C@@H]1c2cc(OC)c(OC)cc2CC[NH+]1Cc1ccccc1. The number of fused-ring (bicyclic) bond motifs is 1. The van der Waals surface area contributed by atoms with E-state index >= 15 is 0 Å². The molecule has 0 bridgehead atoms. The van der Waals surface area contributed by atoms with Crippen LogP contribution in [0.25, 0.3) is 0 Å². The molecule has 3 rings (SSSR count). The number of urea groups is 1. The van der Waals surface area contributed by atoms with Gasteiger partial charge in [0.15, 0.2) is 11.5 Å². The Kier molecular flexibility index (Phi) is 6.99. The van der Waals surface area contributed by atoms with Gasteiger partial charge in [0.2, 0.25) is 0 Å². The fourth-order valence-electron chi connectivity index (χ4n) is 4.29. The lowest BCUT2D eigenvalue weighted by atomic mass is 9.87. The Morgan fingerprint density at radius 1 is 1.17 bits per heavy atom. The molecule has 2 aromatic carbocycles. The number of rotatable bonds is 7. The average Bonchev–Trinajstić information content (AvgIpc) is 2.73. The van der Waals surface area contributed by atoms with Gasteiger partial charge in [-0.1, -0.05) is 30.3 Å². The maximum Gasteiger partial charge on any atom is 0.315 e. The van der Waals surface area contributed by atoms with E-state index in [9.17, 15) is 4.79 Å². The number of hydrogen-bond acceptors (Lipinski definition) is 3. The number of quaternary nitrogens is 1. The Morgan fingerprint density at radius 2 is 1.86 bits per heavy atom. The third kappa shape index (κ3) is 4.82. The Hall–Kier alpha value is -2.73. The molecule has 0 saturated heterocycles. The molecule has 0 fully saturated rings. The van der Waals surface area contributed by atoms with Crippen LogP contribution in [0.2, 0.25) is 0 Å². The second-order valence-corrected chi connectivity index (χ2v) is 7.50. The van der Waals surface area contributed by atoms with Gasteiger partial charge in [-0.25, -0.2) is 4.79 Å². The summed E-state index contributed by atoms with van der Waals surface area (Å²) < 4.78 is 11.1. The topological polar surface area (TPSA) is 64.0 Å². The Labute approximate surface area is 173 Å². The molecule has 0 spiro atoms. The van der Waals surface area contributed by atoms with Crippen molar-refractivity contribution >= 4 is 6.03 Å². The second-order valence-electron chi connectivity index (χ2n) is 7.50. The lowest BCUT2D eigenvalue weighted by molar-refractivity contribution is -0.948. The highest BCUT2D eigenvalue weighted by Gasteiger charge is 2.37. The molecule has 0 radical (unpaired) electrons. The molecule has 2 aromatic rings. The van der Waals surface area contributed by atoms with Crippen molar-refractivity contribution in [2.75, 3.05) is 27.3 Å². The molecule has 0 saturated carbocycles. The predicted octanol–water partition coefficient (Wildman–Crippen LogP) is 2.09. The lowest BCUT2D eigenvalue weighted by Crippen LogP contribution is -3.13. The van der Waals surface area contributed by atoms with Crippen molar-refractivity contribution in [1.82, 2.24) is 10.6 Å². The minimum absolute atomic E-state index is 0.0441. The van der Waals surface area contributed by atoms with Gasteiger partial charge in [-0.15, -0.1) is 0 Å². The Morgan fingerprint density at radius 3 is 2.52 bits per heavy atom. The van der Waals surface area contributed by atoms with Crippen molar-refractivity contribution in [1.29, 1.82) is 0 Å². The number of ether oxygens (including phenoxy) is 2. The predicted molar refractivity (Wildman–Crippen MR) is 114 cm³/mol. The van der Waals surface area contributed by atoms with Gasteiger partial charge in [-0.3, -0.25) is 0 Å². The van der Waals surface area contributed by atoms with Crippen LogP contribution < -0.4 is 25.0 Å². The standard InChI is InChI=1S/C23H31N3O3/c1-5-24-23(27)25-16(2)22-19-14-21(29-4)20(28-3)13-18(19)11-12-26(22)15-17-9-7-6-8-10-17/h6-10,13-14,16,22H,5,11-12,15H2,1-4H3,(H2,24,25,27)/p+1/t16-,22+/m0/s1. The first kappa shape index (κ1) is 21.0. The normalized spacial score (nSPS) is 19.0. The van der Waals surface area contributed by atoms with Crippen LogP contribution >= 0.6 is 0 Å². The van der Waals surface area contributed by atoms with E-state index in [1.165, 1.54) is 21.6 Å². The van der Waals surface area contributed by atoms with Crippen LogP contribution in [-0.4, -0.2) is 39.4 Å². The quantitative estimate of drug-likeness (QED) is 0.669. The maximum absolute atomic E-state index is 12.2. The van der Waals surface area contributed by atoms with E-state index in [2.05, 4.69) is 54.0 Å². The van der Waals surface area contributed by atoms with Gasteiger partial charge in [0.25, 0.3) is 0 Å². The molecule has 1 aliphatic heterocycles. The van der Waals surface area contributed by atoms with Crippen LogP contribution in [0.1, 0.15) is 36.6 Å². The number of carbonyl (C=O) groups is 1. The number of carbonyl (C=O) groups excluding carboxylic acids is 1. The number of methoxy groups -OCH3 is 2. The molecule has 0 aromatic heterocycles. The van der Waals surface area contributed by atoms with Crippen molar-refractivity contribution in [3.8, 4) is 11.5 Å². The van der Waals surface area contributed by atoms with Crippen molar-refractivity contribution in [2.24, 2.45) is 0 Å². The molecule has 3 N–H and O–H groups in total. The van der Waals surface area contributed by atoms with Crippen molar-refractivity contribution in [3.63, 3.8) is 0 Å². The molecule has 156 valence electrons. The first-order valence-corrected chi connectivity index (χ1v) is 10.2. The van der Waals surface area contributed by atoms with Crippen molar-refractivity contribution in [2.45, 2.75) is 38.9 Å². The summed E-state index contributed by atoms with van der Waals surface area (Å²) in [4.78, 5) is 13.7. The molecular weight excluding hydrogens is 366 g/mol. The van der Waals surface area contributed by atoms with Crippen LogP contribution in [-0.2, 0) is 13.0 Å². The second kappa shape index (κ2) is 9.65. The number of benzene rings is 2. The molecule has 1 unspecified atom stereocenters. The summed E-state index contributed by atoms with van der Waals surface area (Å²) in [5, 5.41) is 5.97. The van der Waals surface area contributed by atoms with Gasteiger partial charge in [0.05, 0.1) is 26.8 Å². The van der Waals surface area contributed by atoms with E-state index in [1.807, 2.05) is 13.0 Å². The van der Waals surface area contributed by atoms with Crippen LogP contribution in [0.15, 0.2) is 42.5 Å². The molecule has 1 heterocycles. The zero-order valence-electron chi connectivity index (χ0n) is 17.7. The highest BCUT2D eigenvalue weighted by Crippen LogP contribution is 2.35. The van der Waals surface area contributed by atoms with Gasteiger partial charge < -0.3 is 25.0 Å². The molecule has 29 heavy (non-hydrogen) atoms. The highest BCUT2D eigenvalue weighted by atomic mass is 16.5. The first-order valence-electron chi connectivity index (χ1n) is 10.2. The van der Waals surface area contributed by atoms with E-state index in [0.717, 1.165) is 31.0 Å². The summed E-state index contributed by atoms with van der Waals surface area (Å²) in [6, 6.07) is 14.6. The van der Waals surface area contributed by atoms with Crippen LogP contribution in [0.3, 0.4) is 0 Å². The van der Waals surface area contributed by atoms with E-state index < -0.39 is 0 Å². The number of amides is 2. The summed E-state index contributed by atoms with van der Waals surface area (Å²) in [6.45, 7) is 6.50. The third-order valence-corrected chi connectivity index (χ3v) is 5.61. The van der Waals surface area contributed by atoms with E-state index in [0.29, 0.717) is 6.54 Å². The summed E-state index contributed by atoms with van der Waals surface area (Å²) in [6.07, 6.45) is 0.961. The molecule has 3 atom stereocenters. The highest BCUT2D eigenvalue weighted by molar-refractivity contribution is 5.74. The Balaban J connectivity index is 1.96. The summed E-state index contributed by atoms with van der Waals surface area (Å²) in [5.41, 5.74) is 3.76. The lowest BCUT2D eigenvalue weighted by Gasteiger charge is -2.38.